The fourth-order valence-electron chi connectivity index (χ4n) is 2.43. The van der Waals surface area contributed by atoms with E-state index in [0.717, 1.165) is 26.1 Å². The van der Waals surface area contributed by atoms with Crippen molar-refractivity contribution >= 4 is 6.03 Å². The van der Waals surface area contributed by atoms with Gasteiger partial charge < -0.3 is 20.3 Å². The quantitative estimate of drug-likeness (QED) is 0.671. The number of piperazine rings is 1. The molecule has 92 valence electrons. The zero-order chi connectivity index (χ0) is 11.5. The summed E-state index contributed by atoms with van der Waals surface area (Å²) in [5.41, 5.74) is 0. The van der Waals surface area contributed by atoms with E-state index in [1.807, 2.05) is 4.90 Å². The molecule has 0 aromatic heterocycles. The van der Waals surface area contributed by atoms with Gasteiger partial charge in [-0.3, -0.25) is 0 Å². The van der Waals surface area contributed by atoms with Gasteiger partial charge in [0, 0.05) is 31.8 Å². The molecule has 0 spiro atoms. The summed E-state index contributed by atoms with van der Waals surface area (Å²) in [5.74, 6) is 0. The van der Waals surface area contributed by atoms with Gasteiger partial charge in [-0.1, -0.05) is 0 Å². The normalized spacial score (nSPS) is 35.1. The molecule has 0 bridgehead atoms. The molecule has 5 heteroatoms. The Balaban J connectivity index is 1.90. The Hall–Kier alpha value is -0.810. The second-order valence-corrected chi connectivity index (χ2v) is 4.77. The van der Waals surface area contributed by atoms with E-state index in [-0.39, 0.29) is 24.2 Å². The van der Waals surface area contributed by atoms with Gasteiger partial charge in [-0.05, 0) is 20.3 Å². The highest BCUT2D eigenvalue weighted by Gasteiger charge is 2.30. The van der Waals surface area contributed by atoms with Crippen molar-refractivity contribution in [3.8, 4) is 0 Å². The van der Waals surface area contributed by atoms with Crippen molar-refractivity contribution in [3.05, 3.63) is 0 Å². The molecule has 16 heavy (non-hydrogen) atoms. The topological polar surface area (TPSA) is 53.6 Å². The summed E-state index contributed by atoms with van der Waals surface area (Å²) in [4.78, 5) is 14.0. The molecule has 2 rings (SSSR count). The van der Waals surface area contributed by atoms with Crippen molar-refractivity contribution in [2.45, 2.75) is 38.4 Å². The highest BCUT2D eigenvalue weighted by Crippen LogP contribution is 2.11. The van der Waals surface area contributed by atoms with Gasteiger partial charge in [0.25, 0.3) is 0 Å². The number of urea groups is 1. The monoisotopic (exact) mass is 227 g/mol. The molecule has 0 saturated carbocycles. The van der Waals surface area contributed by atoms with Gasteiger partial charge in [0.2, 0.25) is 0 Å². The molecule has 2 heterocycles. The molecule has 0 aromatic carbocycles. The van der Waals surface area contributed by atoms with Crippen LogP contribution < -0.4 is 10.6 Å². The number of carbonyl (C=O) groups is 1. The second kappa shape index (κ2) is 5.01. The van der Waals surface area contributed by atoms with Crippen LogP contribution in [0.15, 0.2) is 0 Å². The molecule has 2 N–H and O–H groups in total. The lowest BCUT2D eigenvalue weighted by Crippen LogP contribution is -2.60. The zero-order valence-electron chi connectivity index (χ0n) is 10.0. The van der Waals surface area contributed by atoms with E-state index in [1.54, 1.807) is 0 Å². The van der Waals surface area contributed by atoms with Gasteiger partial charge in [0.05, 0.1) is 12.6 Å². The third-order valence-corrected chi connectivity index (χ3v) is 3.32. The van der Waals surface area contributed by atoms with Crippen LogP contribution in [-0.4, -0.2) is 55.4 Å². The summed E-state index contributed by atoms with van der Waals surface area (Å²) in [5, 5.41) is 6.36. The van der Waals surface area contributed by atoms with Crippen molar-refractivity contribution in [2.75, 3.05) is 26.3 Å². The highest BCUT2D eigenvalue weighted by atomic mass is 16.5. The molecule has 2 aliphatic rings. The maximum Gasteiger partial charge on any atom is 0.318 e. The van der Waals surface area contributed by atoms with Gasteiger partial charge in [-0.15, -0.1) is 0 Å². The van der Waals surface area contributed by atoms with Crippen LogP contribution in [0.1, 0.15) is 20.3 Å². The number of nitrogens with zero attached hydrogens (tertiary/aromatic N) is 1. The average molecular weight is 227 g/mol. The predicted molar refractivity (Wildman–Crippen MR) is 61.4 cm³/mol. The van der Waals surface area contributed by atoms with E-state index in [0.29, 0.717) is 6.61 Å². The fourth-order valence-corrected chi connectivity index (χ4v) is 2.43. The number of hydrogen-bond acceptors (Lipinski definition) is 3. The van der Waals surface area contributed by atoms with Crippen LogP contribution in [0, 0.1) is 0 Å². The first-order valence-electron chi connectivity index (χ1n) is 6.05. The Morgan fingerprint density at radius 3 is 2.62 bits per heavy atom. The number of carbonyl (C=O) groups excluding carboxylic acids is 1. The van der Waals surface area contributed by atoms with Crippen LogP contribution in [0.5, 0.6) is 0 Å². The fraction of sp³-hybridized carbons (Fsp3) is 0.909. The van der Waals surface area contributed by atoms with E-state index in [2.05, 4.69) is 24.5 Å². The Bertz CT molecular complexity index is 244. The van der Waals surface area contributed by atoms with E-state index in [4.69, 9.17) is 4.74 Å². The van der Waals surface area contributed by atoms with E-state index < -0.39 is 0 Å². The van der Waals surface area contributed by atoms with Crippen molar-refractivity contribution in [3.63, 3.8) is 0 Å². The molecule has 0 radical (unpaired) electrons. The van der Waals surface area contributed by atoms with Crippen molar-refractivity contribution in [1.29, 1.82) is 0 Å². The highest BCUT2D eigenvalue weighted by molar-refractivity contribution is 5.75. The molecule has 3 atom stereocenters. The number of hydrogen-bond donors (Lipinski definition) is 2. The van der Waals surface area contributed by atoms with Crippen molar-refractivity contribution in [1.82, 2.24) is 15.5 Å². The van der Waals surface area contributed by atoms with Crippen LogP contribution in [0.3, 0.4) is 0 Å². The smallest absolute Gasteiger partial charge is 0.318 e. The molecule has 2 amide bonds. The summed E-state index contributed by atoms with van der Waals surface area (Å²) in [7, 11) is 0. The first-order valence-corrected chi connectivity index (χ1v) is 6.05. The van der Waals surface area contributed by atoms with Gasteiger partial charge >= 0.3 is 6.03 Å². The predicted octanol–water partition coefficient (Wildman–Crippen LogP) is 0.167. The Kier molecular flexibility index (Phi) is 3.66. The molecular formula is C11H21N3O2. The molecular weight excluding hydrogens is 206 g/mol. The van der Waals surface area contributed by atoms with E-state index >= 15 is 0 Å². The molecule has 3 unspecified atom stereocenters. The minimum Gasteiger partial charge on any atom is -0.379 e. The van der Waals surface area contributed by atoms with E-state index in [9.17, 15) is 4.79 Å². The maximum absolute atomic E-state index is 12.1. The Morgan fingerprint density at radius 2 is 2.06 bits per heavy atom. The first kappa shape index (κ1) is 11.7. The van der Waals surface area contributed by atoms with Crippen LogP contribution in [0.4, 0.5) is 4.79 Å². The standard InChI is InChI=1S/C11H21N3O2/c1-8-5-12-6-9(2)14(8)11(15)13-10-3-4-16-7-10/h8-10,12H,3-7H2,1-2H3,(H,13,15). The van der Waals surface area contributed by atoms with Crippen molar-refractivity contribution in [2.24, 2.45) is 0 Å². The van der Waals surface area contributed by atoms with Gasteiger partial charge in [-0.25, -0.2) is 4.79 Å². The molecule has 2 saturated heterocycles. The molecule has 5 nitrogen and oxygen atoms in total. The molecule has 2 aliphatic heterocycles. The first-order chi connectivity index (χ1) is 7.68. The van der Waals surface area contributed by atoms with Gasteiger partial charge in [-0.2, -0.15) is 0 Å². The van der Waals surface area contributed by atoms with Crippen LogP contribution in [0.2, 0.25) is 0 Å². The number of ether oxygens (including phenoxy) is 1. The molecule has 0 aromatic rings. The summed E-state index contributed by atoms with van der Waals surface area (Å²) in [6.45, 7) is 7.32. The number of rotatable bonds is 1. The molecule has 0 aliphatic carbocycles. The zero-order valence-corrected chi connectivity index (χ0v) is 10.0. The third kappa shape index (κ3) is 2.47. The minimum absolute atomic E-state index is 0.0528. The van der Waals surface area contributed by atoms with Crippen LogP contribution in [0.25, 0.3) is 0 Å². The summed E-state index contributed by atoms with van der Waals surface area (Å²) >= 11 is 0. The van der Waals surface area contributed by atoms with Gasteiger partial charge in [0.15, 0.2) is 0 Å². The Labute approximate surface area is 96.5 Å². The SMILES string of the molecule is CC1CNCC(C)N1C(=O)NC1CCOC1. The van der Waals surface area contributed by atoms with Crippen molar-refractivity contribution < 1.29 is 9.53 Å². The lowest BCUT2D eigenvalue weighted by Gasteiger charge is -2.39. The lowest BCUT2D eigenvalue weighted by atomic mass is 10.1. The van der Waals surface area contributed by atoms with Crippen LogP contribution in [-0.2, 0) is 4.74 Å². The second-order valence-electron chi connectivity index (χ2n) is 4.77. The van der Waals surface area contributed by atoms with Crippen LogP contribution >= 0.6 is 0 Å². The Morgan fingerprint density at radius 1 is 1.38 bits per heavy atom. The van der Waals surface area contributed by atoms with Gasteiger partial charge in [0.1, 0.15) is 0 Å². The number of amides is 2. The average Bonchev–Trinajstić information content (AvgIpc) is 2.70. The van der Waals surface area contributed by atoms with E-state index in [1.165, 1.54) is 0 Å². The lowest BCUT2D eigenvalue weighted by molar-refractivity contribution is 0.127. The molecule has 2 fully saturated rings. The maximum atomic E-state index is 12.1. The number of nitrogens with one attached hydrogen (secondary N) is 2. The summed E-state index contributed by atoms with van der Waals surface area (Å²) in [6, 6.07) is 0.760. The summed E-state index contributed by atoms with van der Waals surface area (Å²) in [6.07, 6.45) is 0.931. The largest absolute Gasteiger partial charge is 0.379 e. The third-order valence-electron chi connectivity index (χ3n) is 3.32. The minimum atomic E-state index is 0.0528. The summed E-state index contributed by atoms with van der Waals surface area (Å²) < 4.78 is 5.25.